The first-order chi connectivity index (χ1) is 9.22. The molecule has 100 valence electrons. The van der Waals surface area contributed by atoms with E-state index in [0.717, 1.165) is 5.69 Å². The quantitative estimate of drug-likeness (QED) is 0.736. The van der Waals surface area contributed by atoms with Gasteiger partial charge in [0.1, 0.15) is 16.5 Å². The summed E-state index contributed by atoms with van der Waals surface area (Å²) in [5, 5.41) is 10.2. The molecule has 0 aliphatic carbocycles. The van der Waals surface area contributed by atoms with E-state index >= 15 is 0 Å². The maximum atomic E-state index is 9.93. The SMILES string of the molecule is COc1ccc(CNNc2ccccc2)c(O)c1Cl. The van der Waals surface area contributed by atoms with Gasteiger partial charge in [0, 0.05) is 17.8 Å². The van der Waals surface area contributed by atoms with Crippen molar-refractivity contribution in [1.82, 2.24) is 5.43 Å². The number of phenolic OH excluding ortho intramolecular Hbond substituents is 1. The van der Waals surface area contributed by atoms with Crippen LogP contribution in [0.15, 0.2) is 42.5 Å². The largest absolute Gasteiger partial charge is 0.506 e. The summed E-state index contributed by atoms with van der Waals surface area (Å²) in [6.45, 7) is 0.435. The molecule has 0 heterocycles. The van der Waals surface area contributed by atoms with Gasteiger partial charge in [0.2, 0.25) is 0 Å². The lowest BCUT2D eigenvalue weighted by Crippen LogP contribution is -2.20. The van der Waals surface area contributed by atoms with Crippen molar-refractivity contribution in [2.24, 2.45) is 0 Å². The molecule has 0 bridgehead atoms. The minimum absolute atomic E-state index is 0.0309. The van der Waals surface area contributed by atoms with Crippen LogP contribution in [-0.2, 0) is 6.54 Å². The van der Waals surface area contributed by atoms with Crippen LogP contribution in [0.5, 0.6) is 11.5 Å². The van der Waals surface area contributed by atoms with Crippen LogP contribution < -0.4 is 15.6 Å². The highest BCUT2D eigenvalue weighted by atomic mass is 35.5. The summed E-state index contributed by atoms with van der Waals surface area (Å²) >= 11 is 5.97. The molecule has 19 heavy (non-hydrogen) atoms. The number of phenols is 1. The number of rotatable bonds is 5. The standard InChI is InChI=1S/C14H15ClN2O2/c1-19-12-8-7-10(14(18)13(12)15)9-16-17-11-5-3-2-4-6-11/h2-8,16-18H,9H2,1H3. The number of ether oxygens (including phenoxy) is 1. The molecular weight excluding hydrogens is 264 g/mol. The third-order valence-electron chi connectivity index (χ3n) is 2.67. The van der Waals surface area contributed by atoms with E-state index in [0.29, 0.717) is 17.9 Å². The number of methoxy groups -OCH3 is 1. The summed E-state index contributed by atoms with van der Waals surface area (Å²) in [5.74, 6) is 0.488. The Morgan fingerprint density at radius 1 is 1.16 bits per heavy atom. The molecule has 0 radical (unpaired) electrons. The van der Waals surface area contributed by atoms with E-state index in [1.807, 2.05) is 30.3 Å². The number of aromatic hydroxyl groups is 1. The number of para-hydroxylation sites is 1. The van der Waals surface area contributed by atoms with Crippen molar-refractivity contribution in [3.8, 4) is 11.5 Å². The summed E-state index contributed by atoms with van der Waals surface area (Å²) in [5.41, 5.74) is 7.68. The zero-order chi connectivity index (χ0) is 13.7. The van der Waals surface area contributed by atoms with E-state index in [1.54, 1.807) is 12.1 Å². The highest BCUT2D eigenvalue weighted by molar-refractivity contribution is 6.33. The number of nitrogens with one attached hydrogen (secondary N) is 2. The lowest BCUT2D eigenvalue weighted by atomic mass is 10.2. The molecule has 0 unspecified atom stereocenters. The highest BCUT2D eigenvalue weighted by Gasteiger charge is 2.10. The first kappa shape index (κ1) is 13.5. The van der Waals surface area contributed by atoms with Crippen LogP contribution in [0.2, 0.25) is 5.02 Å². The van der Waals surface area contributed by atoms with Gasteiger partial charge >= 0.3 is 0 Å². The molecule has 3 N–H and O–H groups in total. The number of benzene rings is 2. The molecule has 0 atom stereocenters. The van der Waals surface area contributed by atoms with Crippen LogP contribution >= 0.6 is 11.6 Å². The van der Waals surface area contributed by atoms with E-state index in [9.17, 15) is 5.11 Å². The molecule has 0 aromatic heterocycles. The van der Waals surface area contributed by atoms with Crippen LogP contribution in [0.3, 0.4) is 0 Å². The summed E-state index contributed by atoms with van der Waals surface area (Å²) in [4.78, 5) is 0. The molecule has 4 nitrogen and oxygen atoms in total. The molecule has 2 rings (SSSR count). The lowest BCUT2D eigenvalue weighted by Gasteiger charge is -2.12. The lowest BCUT2D eigenvalue weighted by molar-refractivity contribution is 0.406. The van der Waals surface area contributed by atoms with Gasteiger partial charge in [-0.3, -0.25) is 0 Å². The first-order valence-electron chi connectivity index (χ1n) is 5.80. The van der Waals surface area contributed by atoms with Gasteiger partial charge in [-0.05, 0) is 18.2 Å². The van der Waals surface area contributed by atoms with Gasteiger partial charge in [0.25, 0.3) is 0 Å². The zero-order valence-electron chi connectivity index (χ0n) is 10.5. The minimum atomic E-state index is 0.0309. The molecule has 0 aliphatic rings. The van der Waals surface area contributed by atoms with Crippen LogP contribution in [0.4, 0.5) is 5.69 Å². The maximum absolute atomic E-state index is 9.93. The van der Waals surface area contributed by atoms with Gasteiger partial charge in [-0.15, -0.1) is 0 Å². The Morgan fingerprint density at radius 3 is 2.58 bits per heavy atom. The molecule has 0 amide bonds. The second-order valence-corrected chi connectivity index (χ2v) is 4.31. The summed E-state index contributed by atoms with van der Waals surface area (Å²) in [7, 11) is 1.51. The van der Waals surface area contributed by atoms with Crippen molar-refractivity contribution in [3.63, 3.8) is 0 Å². The molecule has 0 spiro atoms. The monoisotopic (exact) mass is 278 g/mol. The second kappa shape index (κ2) is 6.31. The Hall–Kier alpha value is -1.91. The third kappa shape index (κ3) is 3.30. The van der Waals surface area contributed by atoms with Crippen molar-refractivity contribution in [2.75, 3.05) is 12.5 Å². The Kier molecular flexibility index (Phi) is 4.49. The van der Waals surface area contributed by atoms with E-state index in [-0.39, 0.29) is 10.8 Å². The zero-order valence-corrected chi connectivity index (χ0v) is 11.2. The normalized spacial score (nSPS) is 10.2. The Morgan fingerprint density at radius 2 is 1.89 bits per heavy atom. The topological polar surface area (TPSA) is 53.5 Å². The average Bonchev–Trinajstić information content (AvgIpc) is 2.45. The molecular formula is C14H15ClN2O2. The molecule has 0 aliphatic heterocycles. The fraction of sp³-hybridized carbons (Fsp3) is 0.143. The molecule has 0 saturated carbocycles. The average molecular weight is 279 g/mol. The molecule has 2 aromatic carbocycles. The van der Waals surface area contributed by atoms with E-state index in [1.165, 1.54) is 7.11 Å². The molecule has 5 heteroatoms. The van der Waals surface area contributed by atoms with Crippen molar-refractivity contribution in [1.29, 1.82) is 0 Å². The van der Waals surface area contributed by atoms with E-state index in [2.05, 4.69) is 10.9 Å². The Bertz CT molecular complexity index is 547. The van der Waals surface area contributed by atoms with Crippen LogP contribution in [0.1, 0.15) is 5.56 Å². The highest BCUT2D eigenvalue weighted by Crippen LogP contribution is 2.35. The number of hydrogen-bond acceptors (Lipinski definition) is 4. The number of hydrogen-bond donors (Lipinski definition) is 3. The molecule has 2 aromatic rings. The van der Waals surface area contributed by atoms with E-state index < -0.39 is 0 Å². The predicted octanol–water partition coefficient (Wildman–Crippen LogP) is 3.17. The summed E-state index contributed by atoms with van der Waals surface area (Å²) in [6.07, 6.45) is 0. The Balaban J connectivity index is 1.99. The Labute approximate surface area is 116 Å². The number of anilines is 1. The van der Waals surface area contributed by atoms with Gasteiger partial charge in [-0.1, -0.05) is 35.9 Å². The van der Waals surface area contributed by atoms with Crippen molar-refractivity contribution < 1.29 is 9.84 Å². The van der Waals surface area contributed by atoms with Crippen LogP contribution in [0.25, 0.3) is 0 Å². The summed E-state index contributed by atoms with van der Waals surface area (Å²) in [6, 6.07) is 13.2. The van der Waals surface area contributed by atoms with Gasteiger partial charge in [0.15, 0.2) is 0 Å². The third-order valence-corrected chi connectivity index (χ3v) is 3.03. The minimum Gasteiger partial charge on any atom is -0.506 e. The van der Waals surface area contributed by atoms with Gasteiger partial charge in [0.05, 0.1) is 7.11 Å². The fourth-order valence-corrected chi connectivity index (χ4v) is 1.91. The van der Waals surface area contributed by atoms with Gasteiger partial charge < -0.3 is 15.3 Å². The van der Waals surface area contributed by atoms with Crippen LogP contribution in [-0.4, -0.2) is 12.2 Å². The number of hydrazine groups is 1. The number of halogens is 1. The smallest absolute Gasteiger partial charge is 0.142 e. The van der Waals surface area contributed by atoms with Crippen molar-refractivity contribution >= 4 is 17.3 Å². The van der Waals surface area contributed by atoms with Crippen molar-refractivity contribution in [2.45, 2.75) is 6.54 Å². The molecule has 0 fully saturated rings. The van der Waals surface area contributed by atoms with Gasteiger partial charge in [-0.2, -0.15) is 0 Å². The fourth-order valence-electron chi connectivity index (χ4n) is 1.65. The van der Waals surface area contributed by atoms with E-state index in [4.69, 9.17) is 16.3 Å². The maximum Gasteiger partial charge on any atom is 0.142 e. The summed E-state index contributed by atoms with van der Waals surface area (Å²) < 4.78 is 5.03. The van der Waals surface area contributed by atoms with Gasteiger partial charge in [-0.25, -0.2) is 5.43 Å². The molecule has 0 saturated heterocycles. The first-order valence-corrected chi connectivity index (χ1v) is 6.18. The predicted molar refractivity (Wildman–Crippen MR) is 76.6 cm³/mol. The van der Waals surface area contributed by atoms with Crippen LogP contribution in [0, 0.1) is 0 Å². The van der Waals surface area contributed by atoms with Crippen molar-refractivity contribution in [3.05, 3.63) is 53.1 Å². The second-order valence-electron chi connectivity index (χ2n) is 3.93.